The Morgan fingerprint density at radius 3 is 2.71 bits per heavy atom. The predicted molar refractivity (Wildman–Crippen MR) is 134 cm³/mol. The molecule has 0 bridgehead atoms. The number of carbonyl (C=O) groups excluding carboxylic acids is 1. The fraction of sp³-hybridized carbons (Fsp3) is 0.478. The number of hydrogen-bond acceptors (Lipinski definition) is 8. The third kappa shape index (κ3) is 4.52. The van der Waals surface area contributed by atoms with Crippen LogP contribution < -0.4 is 16.6 Å². The van der Waals surface area contributed by atoms with Crippen molar-refractivity contribution in [3.8, 4) is 6.07 Å². The largest absolute Gasteiger partial charge is 0.332 e. The number of aryl methyl sites for hydroxylation is 2. The van der Waals surface area contributed by atoms with Crippen LogP contribution in [0.4, 0.5) is 5.00 Å². The number of aromatic nitrogens is 4. The summed E-state index contributed by atoms with van der Waals surface area (Å²) >= 11 is 2.60. The molecule has 3 aromatic rings. The van der Waals surface area contributed by atoms with E-state index < -0.39 is 11.2 Å². The Bertz CT molecular complexity index is 1440. The van der Waals surface area contributed by atoms with Gasteiger partial charge in [-0.3, -0.25) is 18.7 Å². The highest BCUT2D eigenvalue weighted by Gasteiger charge is 2.23. The molecule has 9 nitrogen and oxygen atoms in total. The van der Waals surface area contributed by atoms with Crippen molar-refractivity contribution < 1.29 is 4.79 Å². The van der Waals surface area contributed by atoms with Crippen LogP contribution in [0.15, 0.2) is 14.6 Å². The number of thiophene rings is 1. The van der Waals surface area contributed by atoms with Crippen LogP contribution in [0.1, 0.15) is 48.5 Å². The van der Waals surface area contributed by atoms with Crippen molar-refractivity contribution in [1.82, 2.24) is 19.1 Å². The molecule has 178 valence electrons. The van der Waals surface area contributed by atoms with E-state index in [2.05, 4.69) is 21.4 Å². The van der Waals surface area contributed by atoms with Crippen LogP contribution in [0, 0.1) is 24.2 Å². The van der Waals surface area contributed by atoms with Crippen LogP contribution in [0.2, 0.25) is 0 Å². The summed E-state index contributed by atoms with van der Waals surface area (Å²) in [5, 5.41) is 13.7. The van der Waals surface area contributed by atoms with E-state index >= 15 is 0 Å². The van der Waals surface area contributed by atoms with E-state index in [-0.39, 0.29) is 28.6 Å². The topological polar surface area (TPSA) is 123 Å². The summed E-state index contributed by atoms with van der Waals surface area (Å²) in [7, 11) is 1.43. The number of amides is 1. The molecule has 0 spiro atoms. The number of fused-ring (bicyclic) bond motifs is 2. The smallest absolute Gasteiger partial charge is 0.316 e. The van der Waals surface area contributed by atoms with Gasteiger partial charge in [-0.2, -0.15) is 5.26 Å². The molecule has 4 rings (SSSR count). The second-order valence-electron chi connectivity index (χ2n) is 8.79. The molecule has 11 heteroatoms. The lowest BCUT2D eigenvalue weighted by molar-refractivity contribution is -0.113. The number of hydrogen-bond donors (Lipinski definition) is 1. The first-order valence-electron chi connectivity index (χ1n) is 11.2. The van der Waals surface area contributed by atoms with Crippen LogP contribution in [-0.2, 0) is 31.2 Å². The SMILES string of the molecule is Cc1nc(SCC(=O)Nc2sc3c(c2C#N)CCCC3)c2c(=O)n(C)c(=O)n(CC(C)C)c2n1. The monoisotopic (exact) mass is 498 g/mol. The van der Waals surface area contributed by atoms with Gasteiger partial charge in [-0.05, 0) is 44.1 Å². The maximum absolute atomic E-state index is 13.0. The fourth-order valence-corrected chi connectivity index (χ4v) is 6.26. The summed E-state index contributed by atoms with van der Waals surface area (Å²) in [6.45, 7) is 6.07. The van der Waals surface area contributed by atoms with Crippen molar-refractivity contribution in [3.05, 3.63) is 42.7 Å². The Morgan fingerprint density at radius 2 is 2.00 bits per heavy atom. The zero-order valence-corrected chi connectivity index (χ0v) is 21.2. The minimum Gasteiger partial charge on any atom is -0.316 e. The van der Waals surface area contributed by atoms with Crippen molar-refractivity contribution in [3.63, 3.8) is 0 Å². The maximum Gasteiger partial charge on any atom is 0.332 e. The highest BCUT2D eigenvalue weighted by molar-refractivity contribution is 8.00. The molecule has 0 fully saturated rings. The zero-order valence-electron chi connectivity index (χ0n) is 19.6. The average molecular weight is 499 g/mol. The van der Waals surface area contributed by atoms with E-state index in [9.17, 15) is 19.6 Å². The summed E-state index contributed by atoms with van der Waals surface area (Å²) in [6, 6.07) is 2.25. The molecule has 0 atom stereocenters. The molecule has 0 aliphatic heterocycles. The van der Waals surface area contributed by atoms with Gasteiger partial charge in [-0.15, -0.1) is 11.3 Å². The van der Waals surface area contributed by atoms with Crippen LogP contribution in [0.3, 0.4) is 0 Å². The molecule has 0 unspecified atom stereocenters. The minimum atomic E-state index is -0.486. The number of anilines is 1. The first kappa shape index (κ1) is 24.2. The van der Waals surface area contributed by atoms with Crippen molar-refractivity contribution in [2.45, 2.75) is 58.0 Å². The van der Waals surface area contributed by atoms with Gasteiger partial charge in [0.25, 0.3) is 5.56 Å². The van der Waals surface area contributed by atoms with Gasteiger partial charge in [0, 0.05) is 18.5 Å². The molecule has 1 aliphatic rings. The summed E-state index contributed by atoms with van der Waals surface area (Å²) in [5.41, 5.74) is 0.998. The number of nitrogens with one attached hydrogen (secondary N) is 1. The molecular formula is C23H26N6O3S2. The van der Waals surface area contributed by atoms with Gasteiger partial charge in [0.2, 0.25) is 5.91 Å². The van der Waals surface area contributed by atoms with Gasteiger partial charge >= 0.3 is 5.69 Å². The van der Waals surface area contributed by atoms with Crippen molar-refractivity contribution in [2.24, 2.45) is 13.0 Å². The first-order valence-corrected chi connectivity index (χ1v) is 13.0. The number of nitriles is 1. The van der Waals surface area contributed by atoms with E-state index in [1.165, 1.54) is 27.8 Å². The molecule has 1 N–H and O–H groups in total. The van der Waals surface area contributed by atoms with E-state index in [0.29, 0.717) is 28.0 Å². The summed E-state index contributed by atoms with van der Waals surface area (Å²) in [6.07, 6.45) is 3.96. The molecule has 0 radical (unpaired) electrons. The van der Waals surface area contributed by atoms with Gasteiger partial charge in [0.15, 0.2) is 5.65 Å². The quantitative estimate of drug-likeness (QED) is 0.409. The molecule has 3 heterocycles. The van der Waals surface area contributed by atoms with Gasteiger partial charge in [0.1, 0.15) is 27.3 Å². The van der Waals surface area contributed by atoms with Crippen LogP contribution >= 0.6 is 23.1 Å². The Balaban J connectivity index is 1.64. The second-order valence-corrected chi connectivity index (χ2v) is 10.9. The first-order chi connectivity index (χ1) is 16.2. The zero-order chi connectivity index (χ0) is 24.6. The van der Waals surface area contributed by atoms with Crippen LogP contribution in [0.5, 0.6) is 0 Å². The third-order valence-corrected chi connectivity index (χ3v) is 7.87. The lowest BCUT2D eigenvalue weighted by Crippen LogP contribution is -2.39. The fourth-order valence-electron chi connectivity index (χ4n) is 4.14. The minimum absolute atomic E-state index is 0.00541. The van der Waals surface area contributed by atoms with Gasteiger partial charge in [-0.25, -0.2) is 14.8 Å². The normalized spacial score (nSPS) is 13.2. The number of nitrogens with zero attached hydrogens (tertiary/aromatic N) is 5. The van der Waals surface area contributed by atoms with E-state index in [0.717, 1.165) is 47.6 Å². The predicted octanol–water partition coefficient (Wildman–Crippen LogP) is 3.00. The molecule has 3 aromatic heterocycles. The molecule has 0 saturated carbocycles. The van der Waals surface area contributed by atoms with E-state index in [1.54, 1.807) is 6.92 Å². The number of carbonyl (C=O) groups is 1. The average Bonchev–Trinajstić information content (AvgIpc) is 3.15. The van der Waals surface area contributed by atoms with Gasteiger partial charge in [0.05, 0.1) is 11.3 Å². The van der Waals surface area contributed by atoms with Crippen molar-refractivity contribution in [2.75, 3.05) is 11.1 Å². The van der Waals surface area contributed by atoms with Crippen LogP contribution in [-0.4, -0.2) is 30.8 Å². The van der Waals surface area contributed by atoms with Crippen molar-refractivity contribution in [1.29, 1.82) is 5.26 Å². The molecular weight excluding hydrogens is 472 g/mol. The van der Waals surface area contributed by atoms with Crippen LogP contribution in [0.25, 0.3) is 11.0 Å². The highest BCUT2D eigenvalue weighted by Crippen LogP contribution is 2.37. The van der Waals surface area contributed by atoms with Gasteiger partial charge in [-0.1, -0.05) is 25.6 Å². The lowest BCUT2D eigenvalue weighted by Gasteiger charge is -2.15. The second kappa shape index (κ2) is 9.72. The number of rotatable bonds is 6. The third-order valence-electron chi connectivity index (χ3n) is 5.68. The standard InChI is InChI=1S/C23H26N6O3S2/c1-12(2)10-29-19-18(22(31)28(4)23(29)32)21(26-13(3)25-19)33-11-17(30)27-20-15(9-24)14-7-5-6-8-16(14)34-20/h12H,5-8,10-11H2,1-4H3,(H,27,30). The Morgan fingerprint density at radius 1 is 1.26 bits per heavy atom. The molecule has 1 aliphatic carbocycles. The summed E-state index contributed by atoms with van der Waals surface area (Å²) < 4.78 is 2.55. The summed E-state index contributed by atoms with van der Waals surface area (Å²) in [4.78, 5) is 48.5. The van der Waals surface area contributed by atoms with E-state index in [4.69, 9.17) is 0 Å². The lowest BCUT2D eigenvalue weighted by atomic mass is 9.96. The number of thioether (sulfide) groups is 1. The summed E-state index contributed by atoms with van der Waals surface area (Å²) in [5.74, 6) is 0.308. The Hall–Kier alpha value is -2.97. The maximum atomic E-state index is 13.0. The molecule has 1 amide bonds. The molecule has 0 saturated heterocycles. The molecule has 0 aromatic carbocycles. The Kier molecular flexibility index (Phi) is 6.91. The van der Waals surface area contributed by atoms with Gasteiger partial charge < -0.3 is 5.32 Å². The Labute approximate surface area is 204 Å². The highest BCUT2D eigenvalue weighted by atomic mass is 32.2. The van der Waals surface area contributed by atoms with E-state index in [1.807, 2.05) is 13.8 Å². The van der Waals surface area contributed by atoms with Crippen molar-refractivity contribution >= 4 is 45.0 Å². The molecule has 34 heavy (non-hydrogen) atoms.